The summed E-state index contributed by atoms with van der Waals surface area (Å²) in [7, 11) is 1.52. The molecule has 0 atom stereocenters. The minimum absolute atomic E-state index is 0.000618. The van der Waals surface area contributed by atoms with E-state index in [0.29, 0.717) is 33.5 Å². The molecule has 26 heavy (non-hydrogen) atoms. The van der Waals surface area contributed by atoms with Crippen LogP contribution in [0.2, 0.25) is 0 Å². The molecule has 0 spiro atoms. The summed E-state index contributed by atoms with van der Waals surface area (Å²) >= 11 is 3.35. The van der Waals surface area contributed by atoms with Crippen LogP contribution < -0.4 is 10.3 Å². The Morgan fingerprint density at radius 1 is 1.31 bits per heavy atom. The molecule has 6 heteroatoms. The maximum Gasteiger partial charge on any atom is 0.261 e. The molecule has 0 unspecified atom stereocenters. The molecular weight excluding hydrogens is 396 g/mol. The van der Waals surface area contributed by atoms with Gasteiger partial charge in [0.1, 0.15) is 5.82 Å². The SMILES string of the molecule is COc1cc(/C=C2\CCCn3c2nc2ccccc2c3=O)cc(Br)c1O. The van der Waals surface area contributed by atoms with Gasteiger partial charge >= 0.3 is 0 Å². The second-order valence-corrected chi connectivity index (χ2v) is 7.09. The standard InChI is InChI=1S/C20H17BrN2O3/c1-26-17-11-12(10-15(21)18(17)24)9-13-5-4-8-23-19(13)22-16-7-3-2-6-14(16)20(23)25/h2-3,6-7,9-11,24H,4-5,8H2,1H3/b13-9+. The normalized spacial score (nSPS) is 15.2. The molecule has 0 bridgehead atoms. The lowest BCUT2D eigenvalue weighted by molar-refractivity contribution is 0.372. The van der Waals surface area contributed by atoms with Crippen molar-refractivity contribution >= 4 is 38.5 Å². The Balaban J connectivity index is 1.90. The van der Waals surface area contributed by atoms with E-state index in [4.69, 9.17) is 9.72 Å². The van der Waals surface area contributed by atoms with Crippen LogP contribution in [0.15, 0.2) is 45.7 Å². The van der Waals surface area contributed by atoms with Gasteiger partial charge in [0.2, 0.25) is 0 Å². The zero-order valence-electron chi connectivity index (χ0n) is 14.2. The predicted molar refractivity (Wildman–Crippen MR) is 105 cm³/mol. The highest BCUT2D eigenvalue weighted by Crippen LogP contribution is 2.37. The van der Waals surface area contributed by atoms with E-state index in [2.05, 4.69) is 15.9 Å². The number of hydrogen-bond acceptors (Lipinski definition) is 4. The number of benzene rings is 2. The summed E-state index contributed by atoms with van der Waals surface area (Å²) in [6.07, 6.45) is 3.72. The largest absolute Gasteiger partial charge is 0.503 e. The number of para-hydroxylation sites is 1. The van der Waals surface area contributed by atoms with Gasteiger partial charge in [-0.3, -0.25) is 9.36 Å². The van der Waals surface area contributed by atoms with E-state index in [0.717, 1.165) is 24.0 Å². The van der Waals surface area contributed by atoms with Gasteiger partial charge < -0.3 is 9.84 Å². The van der Waals surface area contributed by atoms with Crippen LogP contribution in [0.1, 0.15) is 24.2 Å². The Morgan fingerprint density at radius 2 is 2.12 bits per heavy atom. The van der Waals surface area contributed by atoms with Crippen LogP contribution >= 0.6 is 15.9 Å². The molecule has 0 amide bonds. The van der Waals surface area contributed by atoms with Crippen molar-refractivity contribution in [2.75, 3.05) is 7.11 Å². The number of aromatic hydroxyl groups is 1. The van der Waals surface area contributed by atoms with Gasteiger partial charge in [0.15, 0.2) is 11.5 Å². The first kappa shape index (κ1) is 16.8. The third-order valence-corrected chi connectivity index (χ3v) is 5.19. The highest BCUT2D eigenvalue weighted by molar-refractivity contribution is 9.10. The first-order valence-electron chi connectivity index (χ1n) is 8.35. The summed E-state index contributed by atoms with van der Waals surface area (Å²) in [5.41, 5.74) is 2.58. The van der Waals surface area contributed by atoms with Gasteiger partial charge in [-0.25, -0.2) is 4.98 Å². The number of allylic oxidation sites excluding steroid dienone is 1. The molecular formula is C20H17BrN2O3. The maximum absolute atomic E-state index is 12.8. The fourth-order valence-electron chi connectivity index (χ4n) is 3.33. The van der Waals surface area contributed by atoms with Crippen molar-refractivity contribution in [2.45, 2.75) is 19.4 Å². The van der Waals surface area contributed by atoms with E-state index in [1.165, 1.54) is 7.11 Å². The molecule has 2 aromatic carbocycles. The summed E-state index contributed by atoms with van der Waals surface area (Å²) in [5, 5.41) is 10.6. The van der Waals surface area contributed by atoms with Gasteiger partial charge in [0.05, 0.1) is 22.5 Å². The van der Waals surface area contributed by atoms with Crippen molar-refractivity contribution in [3.05, 3.63) is 62.6 Å². The molecule has 0 aliphatic carbocycles. The van der Waals surface area contributed by atoms with Gasteiger partial charge in [0.25, 0.3) is 5.56 Å². The molecule has 0 saturated heterocycles. The lowest BCUT2D eigenvalue weighted by Crippen LogP contribution is -2.27. The highest BCUT2D eigenvalue weighted by Gasteiger charge is 2.19. The van der Waals surface area contributed by atoms with Crippen molar-refractivity contribution in [1.29, 1.82) is 0 Å². The van der Waals surface area contributed by atoms with E-state index >= 15 is 0 Å². The number of phenolic OH excluding ortho intramolecular Hbond substituents is 1. The van der Waals surface area contributed by atoms with Crippen LogP contribution in [0, 0.1) is 0 Å². The van der Waals surface area contributed by atoms with E-state index < -0.39 is 0 Å². The molecule has 2 heterocycles. The lowest BCUT2D eigenvalue weighted by atomic mass is 10.0. The van der Waals surface area contributed by atoms with Crippen molar-refractivity contribution < 1.29 is 9.84 Å². The first-order valence-corrected chi connectivity index (χ1v) is 9.15. The van der Waals surface area contributed by atoms with Gasteiger partial charge in [-0.05, 0) is 70.2 Å². The molecule has 1 aromatic heterocycles. The van der Waals surface area contributed by atoms with Crippen LogP contribution in [0.4, 0.5) is 0 Å². The Kier molecular flexibility index (Phi) is 4.28. The highest BCUT2D eigenvalue weighted by atomic mass is 79.9. The van der Waals surface area contributed by atoms with Crippen LogP contribution in [-0.4, -0.2) is 21.8 Å². The van der Waals surface area contributed by atoms with Crippen LogP contribution in [0.3, 0.4) is 0 Å². The Morgan fingerprint density at radius 3 is 2.92 bits per heavy atom. The topological polar surface area (TPSA) is 64.4 Å². The molecule has 4 rings (SSSR count). The number of hydrogen-bond donors (Lipinski definition) is 1. The van der Waals surface area contributed by atoms with E-state index in [-0.39, 0.29) is 11.3 Å². The quantitative estimate of drug-likeness (QED) is 0.684. The number of ether oxygens (including phenoxy) is 1. The minimum Gasteiger partial charge on any atom is -0.503 e. The number of nitrogens with zero attached hydrogens (tertiary/aromatic N) is 2. The molecule has 5 nitrogen and oxygen atoms in total. The molecule has 1 N–H and O–H groups in total. The molecule has 1 aliphatic rings. The van der Waals surface area contributed by atoms with Crippen molar-refractivity contribution in [1.82, 2.24) is 9.55 Å². The summed E-state index contributed by atoms with van der Waals surface area (Å²) < 4.78 is 7.53. The minimum atomic E-state index is 0.000618. The molecule has 0 radical (unpaired) electrons. The average molecular weight is 413 g/mol. The summed E-state index contributed by atoms with van der Waals surface area (Å²) in [5.74, 6) is 1.17. The smallest absolute Gasteiger partial charge is 0.261 e. The zero-order chi connectivity index (χ0) is 18.3. The second-order valence-electron chi connectivity index (χ2n) is 6.24. The van der Waals surface area contributed by atoms with Crippen LogP contribution in [0.5, 0.6) is 11.5 Å². The Hall–Kier alpha value is -2.60. The molecule has 3 aromatic rings. The van der Waals surface area contributed by atoms with Gasteiger partial charge in [0, 0.05) is 6.54 Å². The third-order valence-electron chi connectivity index (χ3n) is 4.59. The number of halogens is 1. The van der Waals surface area contributed by atoms with Crippen molar-refractivity contribution in [3.8, 4) is 11.5 Å². The lowest BCUT2D eigenvalue weighted by Gasteiger charge is -2.21. The monoisotopic (exact) mass is 412 g/mol. The van der Waals surface area contributed by atoms with Crippen LogP contribution in [0.25, 0.3) is 22.6 Å². The number of phenols is 1. The average Bonchev–Trinajstić information content (AvgIpc) is 2.65. The van der Waals surface area contributed by atoms with E-state index in [1.54, 1.807) is 10.6 Å². The van der Waals surface area contributed by atoms with Crippen molar-refractivity contribution in [2.24, 2.45) is 0 Å². The molecule has 1 aliphatic heterocycles. The fourth-order valence-corrected chi connectivity index (χ4v) is 3.79. The van der Waals surface area contributed by atoms with Crippen LogP contribution in [-0.2, 0) is 6.54 Å². The second kappa shape index (κ2) is 6.61. The third kappa shape index (κ3) is 2.80. The van der Waals surface area contributed by atoms with Gasteiger partial charge in [-0.15, -0.1) is 0 Å². The molecule has 0 fully saturated rings. The Labute approximate surface area is 158 Å². The summed E-state index contributed by atoms with van der Waals surface area (Å²) in [4.78, 5) is 17.5. The number of aromatic nitrogens is 2. The molecule has 132 valence electrons. The number of methoxy groups -OCH3 is 1. The summed E-state index contributed by atoms with van der Waals surface area (Å²) in [6.45, 7) is 0.673. The maximum atomic E-state index is 12.8. The van der Waals surface area contributed by atoms with E-state index in [1.807, 2.05) is 36.4 Å². The molecule has 0 saturated carbocycles. The Bertz CT molecular complexity index is 1100. The zero-order valence-corrected chi connectivity index (χ0v) is 15.8. The van der Waals surface area contributed by atoms with Gasteiger partial charge in [-0.1, -0.05) is 12.1 Å². The van der Waals surface area contributed by atoms with Gasteiger partial charge in [-0.2, -0.15) is 0 Å². The predicted octanol–water partition coefficient (Wildman–Crippen LogP) is 4.21. The van der Waals surface area contributed by atoms with E-state index in [9.17, 15) is 9.90 Å². The number of fused-ring (bicyclic) bond motifs is 2. The number of rotatable bonds is 2. The fraction of sp³-hybridized carbons (Fsp3) is 0.200. The summed E-state index contributed by atoms with van der Waals surface area (Å²) in [6, 6.07) is 11.0. The first-order chi connectivity index (χ1) is 12.6. The van der Waals surface area contributed by atoms with Crippen molar-refractivity contribution in [3.63, 3.8) is 0 Å².